The topological polar surface area (TPSA) is 68.3 Å². The van der Waals surface area contributed by atoms with E-state index in [9.17, 15) is 8.42 Å². The maximum atomic E-state index is 14.1. The quantitative estimate of drug-likeness (QED) is 0.116. The average Bonchev–Trinajstić information content (AvgIpc) is 3.86. The van der Waals surface area contributed by atoms with Gasteiger partial charge < -0.3 is 24.0 Å². The van der Waals surface area contributed by atoms with E-state index in [2.05, 4.69) is 70.5 Å². The van der Waals surface area contributed by atoms with Gasteiger partial charge in [0.1, 0.15) is 17.2 Å². The Labute approximate surface area is 323 Å². The van der Waals surface area contributed by atoms with Crippen molar-refractivity contribution in [3.05, 3.63) is 174 Å². The van der Waals surface area contributed by atoms with Crippen LogP contribution in [0, 0.1) is 18.8 Å². The molecule has 8 rings (SSSR count). The molecule has 0 fully saturated rings. The second-order valence-corrected chi connectivity index (χ2v) is 15.7. The van der Waals surface area contributed by atoms with Crippen molar-refractivity contribution in [2.75, 3.05) is 31.1 Å². The van der Waals surface area contributed by atoms with Crippen LogP contribution in [0.2, 0.25) is 0 Å². The predicted octanol–water partition coefficient (Wildman–Crippen LogP) is 11.4. The van der Waals surface area contributed by atoms with Crippen molar-refractivity contribution in [1.82, 2.24) is 0 Å². The van der Waals surface area contributed by atoms with Crippen LogP contribution in [-0.4, -0.2) is 29.7 Å². The van der Waals surface area contributed by atoms with Gasteiger partial charge >= 0.3 is 0 Å². The molecule has 0 aliphatic heterocycles. The van der Waals surface area contributed by atoms with Crippen molar-refractivity contribution in [2.24, 2.45) is 11.8 Å². The van der Waals surface area contributed by atoms with Crippen LogP contribution in [0.25, 0.3) is 5.57 Å². The molecule has 8 heteroatoms. The van der Waals surface area contributed by atoms with Gasteiger partial charge in [-0.3, -0.25) is 0 Å². The molecule has 0 saturated carbocycles. The van der Waals surface area contributed by atoms with Crippen molar-refractivity contribution >= 4 is 49.5 Å². The molecular weight excluding hydrogens is 705 g/mol. The van der Waals surface area contributed by atoms with Gasteiger partial charge in [-0.05, 0) is 146 Å². The standard InChI is InChI=1S/C47H42N2O5S/c1-32-5-29-45(30-6-32)55(50,51)47-35-8-7-34(31-35)46(47)33-9-11-36(12-10-33)48(39-17-23-42(52-2)24-18-39)37-13-15-38(16-14-37)49(40-19-25-43(53-3)26-20-40)41-21-27-44(54-4)28-22-41/h5-30,34-35H,31H2,1-4H3. The molecule has 0 saturated heterocycles. The Bertz CT molecular complexity index is 2410. The summed E-state index contributed by atoms with van der Waals surface area (Å²) >= 11 is 0. The summed E-state index contributed by atoms with van der Waals surface area (Å²) in [5, 5.41) is 0. The van der Waals surface area contributed by atoms with Gasteiger partial charge in [-0.15, -0.1) is 0 Å². The number of benzene rings is 6. The molecule has 6 aromatic rings. The fourth-order valence-corrected chi connectivity index (χ4v) is 9.54. The second-order valence-electron chi connectivity index (χ2n) is 13.8. The fraction of sp³-hybridized carbons (Fsp3) is 0.149. The van der Waals surface area contributed by atoms with Gasteiger partial charge in [0.2, 0.25) is 9.84 Å². The lowest BCUT2D eigenvalue weighted by Crippen LogP contribution is -2.13. The van der Waals surface area contributed by atoms with Crippen molar-refractivity contribution in [3.8, 4) is 17.2 Å². The Morgan fingerprint density at radius 1 is 0.473 bits per heavy atom. The van der Waals surface area contributed by atoms with Crippen LogP contribution >= 0.6 is 0 Å². The molecule has 2 atom stereocenters. The van der Waals surface area contributed by atoms with E-state index in [4.69, 9.17) is 14.2 Å². The summed E-state index contributed by atoms with van der Waals surface area (Å²) in [4.78, 5) is 5.25. The van der Waals surface area contributed by atoms with Gasteiger partial charge in [0.05, 0.1) is 31.1 Å². The smallest absolute Gasteiger partial charge is 0.203 e. The summed E-state index contributed by atoms with van der Waals surface area (Å²) in [6, 6.07) is 47.9. The third kappa shape index (κ3) is 6.85. The van der Waals surface area contributed by atoms with Crippen LogP contribution in [0.15, 0.2) is 168 Å². The molecule has 2 bridgehead atoms. The predicted molar refractivity (Wildman–Crippen MR) is 221 cm³/mol. The molecule has 7 nitrogen and oxygen atoms in total. The number of sulfone groups is 1. The number of nitrogens with zero attached hydrogens (tertiary/aromatic N) is 2. The van der Waals surface area contributed by atoms with Crippen LogP contribution in [0.5, 0.6) is 17.2 Å². The lowest BCUT2D eigenvalue weighted by molar-refractivity contribution is 0.414. The van der Waals surface area contributed by atoms with E-state index < -0.39 is 9.84 Å². The van der Waals surface area contributed by atoms with Gasteiger partial charge in [0.15, 0.2) is 0 Å². The number of aryl methyl sites for hydroxylation is 1. The zero-order chi connectivity index (χ0) is 38.1. The summed E-state index contributed by atoms with van der Waals surface area (Å²) in [6.45, 7) is 1.96. The molecule has 2 unspecified atom stereocenters. The molecule has 0 amide bonds. The molecule has 0 heterocycles. The first-order valence-electron chi connectivity index (χ1n) is 18.2. The summed E-state index contributed by atoms with van der Waals surface area (Å²) in [5.41, 5.74) is 8.63. The molecular formula is C47H42N2O5S. The SMILES string of the molecule is COc1ccc(N(c2ccc(OC)cc2)c2ccc(N(c3ccc(OC)cc3)c3ccc(C4=C(S(=O)(=O)c5ccc(C)cc5)C5C=CC4C5)cc3)cc2)cc1. The minimum atomic E-state index is -3.67. The largest absolute Gasteiger partial charge is 0.497 e. The Morgan fingerprint density at radius 3 is 1.20 bits per heavy atom. The van der Waals surface area contributed by atoms with Crippen LogP contribution in [0.4, 0.5) is 34.1 Å². The number of anilines is 6. The zero-order valence-electron chi connectivity index (χ0n) is 31.2. The normalized spacial score (nSPS) is 15.9. The lowest BCUT2D eigenvalue weighted by atomic mass is 9.95. The number of allylic oxidation sites excluding steroid dienone is 4. The monoisotopic (exact) mass is 746 g/mol. The number of fused-ring (bicyclic) bond motifs is 2. The summed E-state index contributed by atoms with van der Waals surface area (Å²) < 4.78 is 44.6. The van der Waals surface area contributed by atoms with Gasteiger partial charge in [-0.1, -0.05) is 42.0 Å². The number of methoxy groups -OCH3 is 3. The molecule has 2 aliphatic carbocycles. The minimum Gasteiger partial charge on any atom is -0.497 e. The average molecular weight is 747 g/mol. The van der Waals surface area contributed by atoms with E-state index in [1.165, 1.54) is 0 Å². The molecule has 0 N–H and O–H groups in total. The number of rotatable bonds is 12. The minimum absolute atomic E-state index is 0.0654. The highest BCUT2D eigenvalue weighted by molar-refractivity contribution is 7.95. The Kier molecular flexibility index (Phi) is 9.67. The van der Waals surface area contributed by atoms with Crippen molar-refractivity contribution in [1.29, 1.82) is 0 Å². The maximum Gasteiger partial charge on any atom is 0.203 e. The van der Waals surface area contributed by atoms with Crippen molar-refractivity contribution < 1.29 is 22.6 Å². The maximum absolute atomic E-state index is 14.1. The molecule has 0 radical (unpaired) electrons. The van der Waals surface area contributed by atoms with E-state index in [1.54, 1.807) is 33.5 Å². The first-order valence-corrected chi connectivity index (χ1v) is 19.7. The molecule has 0 aromatic heterocycles. The third-order valence-electron chi connectivity index (χ3n) is 10.5. The molecule has 55 heavy (non-hydrogen) atoms. The van der Waals surface area contributed by atoms with Crippen molar-refractivity contribution in [3.63, 3.8) is 0 Å². The summed E-state index contributed by atoms with van der Waals surface area (Å²) in [6.07, 6.45) is 5.00. The Balaban J connectivity index is 1.18. The zero-order valence-corrected chi connectivity index (χ0v) is 32.0. The van der Waals surface area contributed by atoms with E-state index >= 15 is 0 Å². The lowest BCUT2D eigenvalue weighted by Gasteiger charge is -2.29. The first-order chi connectivity index (χ1) is 26.8. The van der Waals surface area contributed by atoms with E-state index in [0.717, 1.165) is 74.5 Å². The van der Waals surface area contributed by atoms with Gasteiger partial charge in [-0.25, -0.2) is 8.42 Å². The second kappa shape index (κ2) is 14.9. The molecule has 2 aliphatic rings. The third-order valence-corrected chi connectivity index (χ3v) is 12.5. The van der Waals surface area contributed by atoms with Crippen LogP contribution in [-0.2, 0) is 9.84 Å². The first kappa shape index (κ1) is 35.8. The van der Waals surface area contributed by atoms with Gasteiger partial charge in [-0.2, -0.15) is 0 Å². The van der Waals surface area contributed by atoms with E-state index in [1.807, 2.05) is 91.9 Å². The number of hydrogen-bond acceptors (Lipinski definition) is 7. The van der Waals surface area contributed by atoms with Crippen LogP contribution < -0.4 is 24.0 Å². The fourth-order valence-electron chi connectivity index (χ4n) is 7.66. The summed E-state index contributed by atoms with van der Waals surface area (Å²) in [5.74, 6) is 2.29. The van der Waals surface area contributed by atoms with Crippen molar-refractivity contribution in [2.45, 2.75) is 18.2 Å². The number of hydrogen-bond donors (Lipinski definition) is 0. The highest BCUT2D eigenvalue weighted by atomic mass is 32.2. The highest BCUT2D eigenvalue weighted by Gasteiger charge is 2.42. The summed E-state index contributed by atoms with van der Waals surface area (Å²) in [7, 11) is 1.32. The van der Waals surface area contributed by atoms with E-state index in [-0.39, 0.29) is 11.8 Å². The van der Waals surface area contributed by atoms with Gasteiger partial charge in [0.25, 0.3) is 0 Å². The van der Waals surface area contributed by atoms with Gasteiger partial charge in [0, 0.05) is 46.0 Å². The molecule has 276 valence electrons. The van der Waals surface area contributed by atoms with Crippen LogP contribution in [0.1, 0.15) is 17.5 Å². The number of ether oxygens (including phenoxy) is 3. The Morgan fingerprint density at radius 2 is 0.818 bits per heavy atom. The highest BCUT2D eigenvalue weighted by Crippen LogP contribution is 2.52. The van der Waals surface area contributed by atoms with Crippen LogP contribution in [0.3, 0.4) is 0 Å². The molecule has 0 spiro atoms. The Hall–Kier alpha value is -6.25. The molecule has 6 aromatic carbocycles. The van der Waals surface area contributed by atoms with E-state index in [0.29, 0.717) is 9.80 Å².